The molecule has 2 N–H and O–H groups in total. The van der Waals surface area contributed by atoms with Crippen LogP contribution in [-0.4, -0.2) is 0 Å². The number of thiophene rings is 1. The average Bonchev–Trinajstić information content (AvgIpc) is 2.68. The molecule has 0 saturated carbocycles. The van der Waals surface area contributed by atoms with Crippen LogP contribution in [0.3, 0.4) is 0 Å². The third kappa shape index (κ3) is 2.38. The zero-order valence-corrected chi connectivity index (χ0v) is 13.0. The third-order valence-corrected chi connectivity index (χ3v) is 4.89. The topological polar surface area (TPSA) is 49.8 Å². The fraction of sp³-hybridized carbons (Fsp3) is 0.214. The lowest BCUT2D eigenvalue weighted by Gasteiger charge is -2.06. The van der Waals surface area contributed by atoms with Crippen LogP contribution < -0.4 is 5.73 Å². The van der Waals surface area contributed by atoms with Gasteiger partial charge in [-0.2, -0.15) is 5.26 Å². The zero-order valence-electron chi connectivity index (χ0n) is 10.0. The van der Waals surface area contributed by atoms with Crippen LogP contribution in [-0.2, 0) is 6.42 Å². The first-order valence-electron chi connectivity index (χ1n) is 5.75. The predicted octanol–water partition coefficient (Wildman–Crippen LogP) is 4.43. The quantitative estimate of drug-likeness (QED) is 0.815. The second-order valence-corrected chi connectivity index (χ2v) is 6.18. The van der Waals surface area contributed by atoms with E-state index in [9.17, 15) is 0 Å². The summed E-state index contributed by atoms with van der Waals surface area (Å²) < 4.78 is 1.19. The van der Waals surface area contributed by atoms with Gasteiger partial charge in [0.15, 0.2) is 0 Å². The largest absolute Gasteiger partial charge is 0.397 e. The molecule has 0 saturated heterocycles. The number of rotatable bonds is 3. The average molecular weight is 368 g/mol. The van der Waals surface area contributed by atoms with Gasteiger partial charge >= 0.3 is 0 Å². The molecule has 2 nitrogen and oxygen atoms in total. The molecule has 0 radical (unpaired) electrons. The van der Waals surface area contributed by atoms with Gasteiger partial charge in [-0.15, -0.1) is 11.3 Å². The highest BCUT2D eigenvalue weighted by Crippen LogP contribution is 2.40. The molecule has 0 aliphatic carbocycles. The first-order chi connectivity index (χ1) is 8.69. The number of halogens is 1. The standard InChI is InChI=1S/C14H13IN2S/c1-2-5-10-13(17)12(8-16)18-14(10)9-6-3-4-7-11(9)15/h3-4,6-7H,2,5,17H2,1H3. The molecule has 0 bridgehead atoms. The molecule has 92 valence electrons. The number of hydrogen-bond acceptors (Lipinski definition) is 3. The smallest absolute Gasteiger partial charge is 0.128 e. The summed E-state index contributed by atoms with van der Waals surface area (Å²) in [6, 6.07) is 10.4. The lowest BCUT2D eigenvalue weighted by atomic mass is 10.0. The Labute approximate surface area is 125 Å². The minimum Gasteiger partial charge on any atom is -0.397 e. The molecule has 0 atom stereocenters. The third-order valence-electron chi connectivity index (χ3n) is 2.77. The van der Waals surface area contributed by atoms with Crippen LogP contribution >= 0.6 is 33.9 Å². The van der Waals surface area contributed by atoms with Crippen molar-refractivity contribution < 1.29 is 0 Å². The van der Waals surface area contributed by atoms with Gasteiger partial charge in [0.05, 0.1) is 5.69 Å². The molecule has 0 amide bonds. The molecular formula is C14H13IN2S. The van der Waals surface area contributed by atoms with Crippen molar-refractivity contribution in [3.05, 3.63) is 38.3 Å². The normalized spacial score (nSPS) is 10.3. The lowest BCUT2D eigenvalue weighted by Crippen LogP contribution is -1.93. The Morgan fingerprint density at radius 1 is 1.39 bits per heavy atom. The van der Waals surface area contributed by atoms with Gasteiger partial charge in [0, 0.05) is 14.0 Å². The second kappa shape index (κ2) is 5.72. The fourth-order valence-corrected chi connectivity index (χ4v) is 3.87. The van der Waals surface area contributed by atoms with Gasteiger partial charge in [-0.1, -0.05) is 31.5 Å². The first-order valence-corrected chi connectivity index (χ1v) is 7.64. The maximum atomic E-state index is 9.12. The highest BCUT2D eigenvalue weighted by molar-refractivity contribution is 14.1. The van der Waals surface area contributed by atoms with Crippen LogP contribution in [0.25, 0.3) is 10.4 Å². The summed E-state index contributed by atoms with van der Waals surface area (Å²) >= 11 is 3.83. The fourth-order valence-electron chi connectivity index (χ4n) is 1.92. The van der Waals surface area contributed by atoms with E-state index in [-0.39, 0.29) is 0 Å². The Morgan fingerprint density at radius 3 is 2.72 bits per heavy atom. The van der Waals surface area contributed by atoms with E-state index < -0.39 is 0 Å². The minimum atomic E-state index is 0.633. The van der Waals surface area contributed by atoms with Crippen molar-refractivity contribution in [2.45, 2.75) is 19.8 Å². The van der Waals surface area contributed by atoms with Crippen LogP contribution in [0, 0.1) is 14.9 Å². The van der Waals surface area contributed by atoms with Crippen LogP contribution in [0.1, 0.15) is 23.8 Å². The molecule has 0 aliphatic heterocycles. The van der Waals surface area contributed by atoms with Crippen molar-refractivity contribution in [3.8, 4) is 16.5 Å². The van der Waals surface area contributed by atoms with Gasteiger partial charge in [0.25, 0.3) is 0 Å². The van der Waals surface area contributed by atoms with Crippen molar-refractivity contribution in [1.82, 2.24) is 0 Å². The molecular weight excluding hydrogens is 355 g/mol. The molecule has 1 aromatic carbocycles. The summed E-state index contributed by atoms with van der Waals surface area (Å²) in [5.74, 6) is 0. The van der Waals surface area contributed by atoms with E-state index in [0.717, 1.165) is 23.3 Å². The maximum Gasteiger partial charge on any atom is 0.128 e. The maximum absolute atomic E-state index is 9.12. The van der Waals surface area contributed by atoms with Crippen molar-refractivity contribution >= 4 is 39.6 Å². The van der Waals surface area contributed by atoms with E-state index in [4.69, 9.17) is 11.0 Å². The Kier molecular flexibility index (Phi) is 4.25. The van der Waals surface area contributed by atoms with Gasteiger partial charge in [0.1, 0.15) is 10.9 Å². The number of nitrogens with zero attached hydrogens (tertiary/aromatic N) is 1. The predicted molar refractivity (Wildman–Crippen MR) is 85.6 cm³/mol. The van der Waals surface area contributed by atoms with E-state index in [0.29, 0.717) is 10.6 Å². The highest BCUT2D eigenvalue weighted by atomic mass is 127. The minimum absolute atomic E-state index is 0.633. The van der Waals surface area contributed by atoms with Crippen LogP contribution in [0.2, 0.25) is 0 Å². The van der Waals surface area contributed by atoms with E-state index in [1.807, 2.05) is 12.1 Å². The van der Waals surface area contributed by atoms with Gasteiger partial charge in [-0.05, 0) is 40.6 Å². The molecule has 0 aliphatic rings. The Balaban J connectivity index is 2.64. The van der Waals surface area contributed by atoms with E-state index in [2.05, 4.69) is 47.7 Å². The Hall–Kier alpha value is -1.06. The molecule has 18 heavy (non-hydrogen) atoms. The van der Waals surface area contributed by atoms with Gasteiger partial charge in [-0.3, -0.25) is 0 Å². The zero-order chi connectivity index (χ0) is 13.1. The Bertz CT molecular complexity index is 611. The van der Waals surface area contributed by atoms with Gasteiger partial charge in [0.2, 0.25) is 0 Å². The summed E-state index contributed by atoms with van der Waals surface area (Å²) in [6.07, 6.45) is 1.95. The monoisotopic (exact) mass is 368 g/mol. The van der Waals surface area contributed by atoms with E-state index >= 15 is 0 Å². The number of benzene rings is 1. The van der Waals surface area contributed by atoms with E-state index in [1.54, 1.807) is 0 Å². The number of nitriles is 1. The molecule has 2 rings (SSSR count). The number of hydrogen-bond donors (Lipinski definition) is 1. The summed E-state index contributed by atoms with van der Waals surface area (Å²) in [5, 5.41) is 9.12. The van der Waals surface area contributed by atoms with E-state index in [1.165, 1.54) is 20.5 Å². The summed E-state index contributed by atoms with van der Waals surface area (Å²) in [7, 11) is 0. The molecule has 1 heterocycles. The summed E-state index contributed by atoms with van der Waals surface area (Å²) in [5.41, 5.74) is 9.05. The SMILES string of the molecule is CCCc1c(-c2ccccc2I)sc(C#N)c1N. The molecule has 0 fully saturated rings. The van der Waals surface area contributed by atoms with Crippen molar-refractivity contribution in [2.75, 3.05) is 5.73 Å². The Morgan fingerprint density at radius 2 is 2.11 bits per heavy atom. The van der Waals surface area contributed by atoms with Crippen molar-refractivity contribution in [2.24, 2.45) is 0 Å². The number of anilines is 1. The molecule has 4 heteroatoms. The van der Waals surface area contributed by atoms with Crippen molar-refractivity contribution in [1.29, 1.82) is 5.26 Å². The van der Waals surface area contributed by atoms with Gasteiger partial charge < -0.3 is 5.73 Å². The van der Waals surface area contributed by atoms with Gasteiger partial charge in [-0.25, -0.2) is 0 Å². The molecule has 0 unspecified atom stereocenters. The summed E-state index contributed by atoms with van der Waals surface area (Å²) in [4.78, 5) is 1.78. The molecule has 1 aromatic heterocycles. The van der Waals surface area contributed by atoms with Crippen LogP contribution in [0.4, 0.5) is 5.69 Å². The van der Waals surface area contributed by atoms with Crippen LogP contribution in [0.15, 0.2) is 24.3 Å². The lowest BCUT2D eigenvalue weighted by molar-refractivity contribution is 0.930. The first kappa shape index (κ1) is 13.4. The highest BCUT2D eigenvalue weighted by Gasteiger charge is 2.17. The molecule has 2 aromatic rings. The van der Waals surface area contributed by atoms with Crippen molar-refractivity contribution in [3.63, 3.8) is 0 Å². The summed E-state index contributed by atoms with van der Waals surface area (Å²) in [6.45, 7) is 2.13. The molecule has 0 spiro atoms. The number of nitrogen functional groups attached to an aromatic ring is 1. The van der Waals surface area contributed by atoms with Crippen LogP contribution in [0.5, 0.6) is 0 Å². The number of nitrogens with two attached hydrogens (primary N) is 1. The second-order valence-electron chi connectivity index (χ2n) is 3.99.